The third kappa shape index (κ3) is 1.62. The molecule has 90 valence electrons. The number of imide groups is 1. The molecule has 18 heavy (non-hydrogen) atoms. The van der Waals surface area contributed by atoms with Crippen molar-refractivity contribution in [1.29, 1.82) is 0 Å². The standard InChI is InChI=1S/C14H11NO3/c16-13-11-5-1-2-6-12(11)14(17)15(13)8-7-10-4-3-9-18-10/h1-6,9H,7-8H2. The van der Waals surface area contributed by atoms with Crippen molar-refractivity contribution in [2.75, 3.05) is 6.54 Å². The largest absolute Gasteiger partial charge is 0.469 e. The van der Waals surface area contributed by atoms with E-state index in [1.807, 2.05) is 6.07 Å². The number of rotatable bonds is 3. The van der Waals surface area contributed by atoms with Gasteiger partial charge in [-0.25, -0.2) is 0 Å². The van der Waals surface area contributed by atoms with Gasteiger partial charge in [-0.3, -0.25) is 14.5 Å². The number of nitrogens with zero attached hydrogens (tertiary/aromatic N) is 1. The molecular weight excluding hydrogens is 230 g/mol. The maximum Gasteiger partial charge on any atom is 0.261 e. The molecule has 0 saturated heterocycles. The summed E-state index contributed by atoms with van der Waals surface area (Å²) < 4.78 is 5.19. The van der Waals surface area contributed by atoms with E-state index in [1.54, 1.807) is 36.6 Å². The molecule has 1 aromatic heterocycles. The number of benzene rings is 1. The first kappa shape index (κ1) is 10.8. The van der Waals surface area contributed by atoms with Crippen LogP contribution in [0, 0.1) is 0 Å². The van der Waals surface area contributed by atoms with E-state index in [2.05, 4.69) is 0 Å². The quantitative estimate of drug-likeness (QED) is 0.773. The van der Waals surface area contributed by atoms with Crippen LogP contribution in [0.4, 0.5) is 0 Å². The summed E-state index contributed by atoms with van der Waals surface area (Å²) >= 11 is 0. The van der Waals surface area contributed by atoms with E-state index in [-0.39, 0.29) is 11.8 Å². The molecule has 0 N–H and O–H groups in total. The molecule has 2 aromatic rings. The Labute approximate surface area is 104 Å². The molecule has 0 bridgehead atoms. The summed E-state index contributed by atoms with van der Waals surface area (Å²) in [6, 6.07) is 10.5. The third-order valence-corrected chi connectivity index (χ3v) is 3.04. The van der Waals surface area contributed by atoms with E-state index < -0.39 is 0 Å². The predicted octanol–water partition coefficient (Wildman–Crippen LogP) is 2.12. The first-order chi connectivity index (χ1) is 8.77. The van der Waals surface area contributed by atoms with Crippen molar-refractivity contribution in [2.45, 2.75) is 6.42 Å². The highest BCUT2D eigenvalue weighted by Gasteiger charge is 2.34. The number of amides is 2. The molecule has 1 aliphatic heterocycles. The van der Waals surface area contributed by atoms with E-state index in [9.17, 15) is 9.59 Å². The minimum atomic E-state index is -0.220. The average molecular weight is 241 g/mol. The van der Waals surface area contributed by atoms with Crippen LogP contribution < -0.4 is 0 Å². The minimum Gasteiger partial charge on any atom is -0.469 e. The van der Waals surface area contributed by atoms with Gasteiger partial charge in [0.2, 0.25) is 0 Å². The van der Waals surface area contributed by atoms with E-state index in [1.165, 1.54) is 4.90 Å². The second kappa shape index (κ2) is 4.14. The zero-order valence-corrected chi connectivity index (χ0v) is 9.63. The number of hydrogen-bond donors (Lipinski definition) is 0. The van der Waals surface area contributed by atoms with Crippen LogP contribution in [0.25, 0.3) is 0 Å². The molecule has 4 nitrogen and oxygen atoms in total. The topological polar surface area (TPSA) is 50.5 Å². The molecule has 4 heteroatoms. The van der Waals surface area contributed by atoms with Crippen molar-refractivity contribution in [3.8, 4) is 0 Å². The number of fused-ring (bicyclic) bond motifs is 1. The lowest BCUT2D eigenvalue weighted by molar-refractivity contribution is 0.0654. The Morgan fingerprint density at radius 2 is 1.61 bits per heavy atom. The van der Waals surface area contributed by atoms with E-state index >= 15 is 0 Å². The van der Waals surface area contributed by atoms with Gasteiger partial charge in [0.1, 0.15) is 5.76 Å². The molecule has 0 aliphatic carbocycles. The Hall–Kier alpha value is -2.36. The van der Waals surface area contributed by atoms with Crippen LogP contribution in [-0.4, -0.2) is 23.3 Å². The summed E-state index contributed by atoms with van der Waals surface area (Å²) in [6.45, 7) is 0.347. The van der Waals surface area contributed by atoms with Crippen molar-refractivity contribution in [3.63, 3.8) is 0 Å². The Balaban J connectivity index is 1.80. The van der Waals surface area contributed by atoms with Gasteiger partial charge in [-0.1, -0.05) is 12.1 Å². The normalized spacial score (nSPS) is 14.1. The molecule has 2 amide bonds. The van der Waals surface area contributed by atoms with E-state index in [4.69, 9.17) is 4.42 Å². The lowest BCUT2D eigenvalue weighted by Crippen LogP contribution is -2.31. The van der Waals surface area contributed by atoms with Crippen LogP contribution in [0.2, 0.25) is 0 Å². The summed E-state index contributed by atoms with van der Waals surface area (Å²) in [5.41, 5.74) is 0.976. The average Bonchev–Trinajstić information content (AvgIpc) is 2.98. The molecule has 2 heterocycles. The molecule has 0 fully saturated rings. The lowest BCUT2D eigenvalue weighted by atomic mass is 10.1. The predicted molar refractivity (Wildman–Crippen MR) is 64.2 cm³/mol. The van der Waals surface area contributed by atoms with Crippen LogP contribution in [0.1, 0.15) is 26.5 Å². The first-order valence-electron chi connectivity index (χ1n) is 5.75. The van der Waals surface area contributed by atoms with E-state index in [0.29, 0.717) is 24.1 Å². The van der Waals surface area contributed by atoms with Crippen molar-refractivity contribution in [2.24, 2.45) is 0 Å². The highest BCUT2D eigenvalue weighted by Crippen LogP contribution is 2.22. The summed E-state index contributed by atoms with van der Waals surface area (Å²) in [5, 5.41) is 0. The molecule has 0 radical (unpaired) electrons. The summed E-state index contributed by atoms with van der Waals surface area (Å²) in [6.07, 6.45) is 2.12. The molecule has 1 aliphatic rings. The number of carbonyl (C=O) groups excluding carboxylic acids is 2. The van der Waals surface area contributed by atoms with Gasteiger partial charge < -0.3 is 4.42 Å². The Bertz CT molecular complexity index is 566. The van der Waals surface area contributed by atoms with Crippen LogP contribution in [0.15, 0.2) is 47.1 Å². The molecule has 3 rings (SSSR count). The summed E-state index contributed by atoms with van der Waals surface area (Å²) in [7, 11) is 0. The Morgan fingerprint density at radius 3 is 2.17 bits per heavy atom. The first-order valence-corrected chi connectivity index (χ1v) is 5.75. The van der Waals surface area contributed by atoms with Crippen LogP contribution in [0.3, 0.4) is 0 Å². The fourth-order valence-corrected chi connectivity index (χ4v) is 2.12. The van der Waals surface area contributed by atoms with Gasteiger partial charge in [-0.15, -0.1) is 0 Å². The summed E-state index contributed by atoms with van der Waals surface area (Å²) in [5.74, 6) is 0.330. The Kier molecular flexibility index (Phi) is 2.48. The maximum atomic E-state index is 12.0. The van der Waals surface area contributed by atoms with Crippen molar-refractivity contribution in [1.82, 2.24) is 4.90 Å². The van der Waals surface area contributed by atoms with Crippen molar-refractivity contribution < 1.29 is 14.0 Å². The van der Waals surface area contributed by atoms with E-state index in [0.717, 1.165) is 5.76 Å². The monoisotopic (exact) mass is 241 g/mol. The van der Waals surface area contributed by atoms with Gasteiger partial charge in [0.25, 0.3) is 11.8 Å². The minimum absolute atomic E-state index is 0.220. The molecule has 0 saturated carbocycles. The number of furan rings is 1. The highest BCUT2D eigenvalue weighted by molar-refractivity contribution is 6.21. The highest BCUT2D eigenvalue weighted by atomic mass is 16.3. The molecule has 0 unspecified atom stereocenters. The van der Waals surface area contributed by atoms with Crippen molar-refractivity contribution >= 4 is 11.8 Å². The third-order valence-electron chi connectivity index (χ3n) is 3.04. The fraction of sp³-hybridized carbons (Fsp3) is 0.143. The van der Waals surface area contributed by atoms with Crippen molar-refractivity contribution in [3.05, 3.63) is 59.5 Å². The van der Waals surface area contributed by atoms with Gasteiger partial charge in [-0.2, -0.15) is 0 Å². The molecule has 1 aromatic carbocycles. The fourth-order valence-electron chi connectivity index (χ4n) is 2.12. The molecular formula is C14H11NO3. The zero-order valence-electron chi connectivity index (χ0n) is 9.63. The van der Waals surface area contributed by atoms with Gasteiger partial charge in [0.15, 0.2) is 0 Å². The SMILES string of the molecule is O=C1c2ccccc2C(=O)N1CCc1ccco1. The van der Waals surface area contributed by atoms with Gasteiger partial charge in [-0.05, 0) is 24.3 Å². The molecule has 0 atom stereocenters. The maximum absolute atomic E-state index is 12.0. The number of carbonyl (C=O) groups is 2. The van der Waals surface area contributed by atoms with Crippen LogP contribution >= 0.6 is 0 Å². The number of hydrogen-bond acceptors (Lipinski definition) is 3. The van der Waals surface area contributed by atoms with Gasteiger partial charge in [0, 0.05) is 13.0 Å². The zero-order chi connectivity index (χ0) is 12.5. The lowest BCUT2D eigenvalue weighted by Gasteiger charge is -2.12. The molecule has 0 spiro atoms. The second-order valence-electron chi connectivity index (χ2n) is 4.14. The smallest absolute Gasteiger partial charge is 0.261 e. The Morgan fingerprint density at radius 1 is 0.944 bits per heavy atom. The van der Waals surface area contributed by atoms with Gasteiger partial charge in [0.05, 0.1) is 17.4 Å². The second-order valence-corrected chi connectivity index (χ2v) is 4.14. The van der Waals surface area contributed by atoms with Gasteiger partial charge >= 0.3 is 0 Å². The van der Waals surface area contributed by atoms with Crippen LogP contribution in [-0.2, 0) is 6.42 Å². The van der Waals surface area contributed by atoms with Crippen LogP contribution in [0.5, 0.6) is 0 Å². The summed E-state index contributed by atoms with van der Waals surface area (Å²) in [4.78, 5) is 25.4.